The molecule has 13 atom stereocenters. The number of amides is 1. The number of nitrogens with zero attached hydrogens (tertiary/aromatic N) is 4. The number of ether oxygens (including phenoxy) is 6. The molecule has 2 saturated heterocycles. The number of aliphatic hydroxyl groups is 1. The number of hydrogen-bond donors (Lipinski definition) is 2. The van der Waals surface area contributed by atoms with Crippen molar-refractivity contribution in [2.45, 2.75) is 148 Å². The molecule has 330 valence electrons. The number of unbranched alkanes of at least 4 members (excludes halogenated alkanes) is 1. The first-order valence-electron chi connectivity index (χ1n) is 20.8. The van der Waals surface area contributed by atoms with Crippen LogP contribution in [0.2, 0.25) is 0 Å². The van der Waals surface area contributed by atoms with Gasteiger partial charge in [0.15, 0.2) is 17.7 Å². The number of aromatic nitrogens is 3. The SMILES string of the molecule is CC[C@@H]1OC(=O)[C@H](C)C(=O)[C@H](C)[C@@H](O[C@@H]2O[C@H](C)C[C@H](N(C)C)[C@H]2O)[C@@](C)(OC)C[C@@H](C)C(=O)[C@@H](C)C(OCCCCn2cnc(-c3cccnc3)c2)[C@]1(C)OC(N)=O. The number of aliphatic hydroxyl groups excluding tert-OH is 1. The maximum Gasteiger partial charge on any atom is 0.405 e. The summed E-state index contributed by atoms with van der Waals surface area (Å²) in [5.74, 6) is -5.55. The summed E-state index contributed by atoms with van der Waals surface area (Å²) >= 11 is 0. The highest BCUT2D eigenvalue weighted by atomic mass is 16.7. The maximum absolute atomic E-state index is 14.7. The summed E-state index contributed by atoms with van der Waals surface area (Å²) in [5, 5.41) is 11.4. The summed E-state index contributed by atoms with van der Waals surface area (Å²) in [7, 11) is 5.19. The van der Waals surface area contributed by atoms with E-state index < -0.39 is 83.4 Å². The molecule has 16 heteroatoms. The number of carbonyl (C=O) groups excluding carboxylic acids is 4. The minimum Gasteiger partial charge on any atom is -0.457 e. The average molecular weight is 830 g/mol. The van der Waals surface area contributed by atoms with Gasteiger partial charge in [0.05, 0.1) is 29.8 Å². The first-order chi connectivity index (χ1) is 27.8. The monoisotopic (exact) mass is 829 g/mol. The Morgan fingerprint density at radius 1 is 1.07 bits per heavy atom. The lowest BCUT2D eigenvalue weighted by atomic mass is 9.74. The highest BCUT2D eigenvalue weighted by Gasteiger charge is 2.54. The van der Waals surface area contributed by atoms with Crippen LogP contribution in [0.5, 0.6) is 0 Å². The van der Waals surface area contributed by atoms with Crippen molar-refractivity contribution in [3.8, 4) is 11.3 Å². The van der Waals surface area contributed by atoms with E-state index in [-0.39, 0.29) is 37.4 Å². The van der Waals surface area contributed by atoms with E-state index in [0.29, 0.717) is 25.8 Å². The molecule has 0 radical (unpaired) electrons. The standard InChI is InChI=1S/C43H67N5O11/c1-12-33-43(8,59-41(44)53)38(55-19-14-13-18-48-23-31(46-24-48)30-16-15-17-45-22-30)27(4)34(49)25(2)21-42(7,54-11)37(28(5)35(50)29(6)39(52)57-33)58-40-36(51)32(47(9)10)20-26(3)56-40/h15-17,22-29,32-33,36-38,40,51H,12-14,18-21H2,1-11H3,(H2,44,53)/t25-,26-,27-,28+,29-,32+,33+,36-,37-,38?,40+,42+,43-/m1/s1. The minimum atomic E-state index is -1.74. The third-order valence-electron chi connectivity index (χ3n) is 12.3. The van der Waals surface area contributed by atoms with Gasteiger partial charge in [-0.3, -0.25) is 19.4 Å². The molecule has 0 saturated carbocycles. The van der Waals surface area contributed by atoms with E-state index in [0.717, 1.165) is 11.3 Å². The zero-order chi connectivity index (χ0) is 43.8. The first kappa shape index (κ1) is 47.9. The van der Waals surface area contributed by atoms with Gasteiger partial charge in [-0.1, -0.05) is 27.7 Å². The molecule has 0 aromatic carbocycles. The van der Waals surface area contributed by atoms with Crippen molar-refractivity contribution >= 4 is 23.6 Å². The van der Waals surface area contributed by atoms with Crippen molar-refractivity contribution < 1.29 is 52.7 Å². The van der Waals surface area contributed by atoms with Gasteiger partial charge in [0, 0.05) is 68.2 Å². The van der Waals surface area contributed by atoms with Crippen LogP contribution in [-0.4, -0.2) is 130 Å². The fourth-order valence-electron chi connectivity index (χ4n) is 8.80. The van der Waals surface area contributed by atoms with Gasteiger partial charge in [-0.25, -0.2) is 9.78 Å². The fraction of sp³-hybridized carbons (Fsp3) is 0.721. The van der Waals surface area contributed by atoms with Gasteiger partial charge in [0.2, 0.25) is 0 Å². The highest BCUT2D eigenvalue weighted by Crippen LogP contribution is 2.40. The van der Waals surface area contributed by atoms with Crippen molar-refractivity contribution in [2.75, 3.05) is 27.8 Å². The molecule has 4 rings (SSSR count). The molecule has 3 N–H and O–H groups in total. The predicted octanol–water partition coefficient (Wildman–Crippen LogP) is 4.59. The fourth-order valence-corrected chi connectivity index (χ4v) is 8.80. The number of cyclic esters (lactones) is 1. The topological polar surface area (TPSA) is 204 Å². The normalized spacial score (nSPS) is 35.3. The van der Waals surface area contributed by atoms with Crippen LogP contribution in [0.1, 0.15) is 87.5 Å². The average Bonchev–Trinajstić information content (AvgIpc) is 3.68. The Hall–Kier alpha value is -3.80. The Labute approximate surface area is 348 Å². The Kier molecular flexibility index (Phi) is 16.8. The quantitative estimate of drug-likeness (QED) is 0.161. The summed E-state index contributed by atoms with van der Waals surface area (Å²) in [5.41, 5.74) is 4.32. The van der Waals surface area contributed by atoms with Gasteiger partial charge < -0.3 is 48.7 Å². The van der Waals surface area contributed by atoms with Gasteiger partial charge in [-0.05, 0) is 86.0 Å². The summed E-state index contributed by atoms with van der Waals surface area (Å²) in [6.45, 7) is 14.2. The second-order valence-electron chi connectivity index (χ2n) is 17.0. The van der Waals surface area contributed by atoms with E-state index in [1.54, 1.807) is 60.3 Å². The zero-order valence-corrected chi connectivity index (χ0v) is 36.7. The smallest absolute Gasteiger partial charge is 0.405 e. The number of imidazole rings is 1. The van der Waals surface area contributed by atoms with E-state index >= 15 is 0 Å². The number of likely N-dealkylation sites (N-methyl/N-ethyl adjacent to an activating group) is 1. The summed E-state index contributed by atoms with van der Waals surface area (Å²) in [6, 6.07) is 3.49. The summed E-state index contributed by atoms with van der Waals surface area (Å²) in [6.07, 6.45) is 2.17. The Morgan fingerprint density at radius 2 is 1.76 bits per heavy atom. The number of carbonyl (C=O) groups is 4. The van der Waals surface area contributed by atoms with Crippen molar-refractivity contribution in [1.29, 1.82) is 0 Å². The number of Topliss-reactive ketones (excluding diaryl/α,β-unsaturated/α-hetero) is 2. The summed E-state index contributed by atoms with van der Waals surface area (Å²) in [4.78, 5) is 66.1. The lowest BCUT2D eigenvalue weighted by Gasteiger charge is -2.47. The predicted molar refractivity (Wildman–Crippen MR) is 218 cm³/mol. The van der Waals surface area contributed by atoms with E-state index in [1.807, 2.05) is 48.8 Å². The number of aryl methyl sites for hydroxylation is 1. The van der Waals surface area contributed by atoms with E-state index in [2.05, 4.69) is 9.97 Å². The van der Waals surface area contributed by atoms with Gasteiger partial charge in [-0.2, -0.15) is 0 Å². The van der Waals surface area contributed by atoms with Crippen molar-refractivity contribution in [3.05, 3.63) is 37.1 Å². The van der Waals surface area contributed by atoms with E-state index in [4.69, 9.17) is 34.2 Å². The van der Waals surface area contributed by atoms with Gasteiger partial charge in [0.25, 0.3) is 0 Å². The summed E-state index contributed by atoms with van der Waals surface area (Å²) < 4.78 is 39.3. The molecule has 59 heavy (non-hydrogen) atoms. The van der Waals surface area contributed by atoms with Crippen LogP contribution in [0, 0.1) is 23.7 Å². The molecular weight excluding hydrogens is 762 g/mol. The van der Waals surface area contributed by atoms with Crippen LogP contribution >= 0.6 is 0 Å². The number of methoxy groups -OCH3 is 1. The molecule has 0 bridgehead atoms. The number of rotatable bonds is 13. The molecule has 2 aromatic heterocycles. The van der Waals surface area contributed by atoms with Crippen molar-refractivity contribution in [2.24, 2.45) is 29.4 Å². The largest absolute Gasteiger partial charge is 0.457 e. The van der Waals surface area contributed by atoms with Gasteiger partial charge in [-0.15, -0.1) is 0 Å². The van der Waals surface area contributed by atoms with Gasteiger partial charge >= 0.3 is 12.1 Å². The molecule has 4 heterocycles. The van der Waals surface area contributed by atoms with Crippen LogP contribution in [-0.2, 0) is 49.3 Å². The van der Waals surface area contributed by atoms with Crippen LogP contribution in [0.15, 0.2) is 37.1 Å². The third-order valence-corrected chi connectivity index (χ3v) is 12.3. The molecule has 2 aliphatic heterocycles. The molecule has 2 aromatic rings. The number of nitrogens with two attached hydrogens (primary N) is 1. The second-order valence-corrected chi connectivity index (χ2v) is 17.0. The molecule has 2 fully saturated rings. The molecule has 0 spiro atoms. The molecule has 16 nitrogen and oxygen atoms in total. The lowest BCUT2D eigenvalue weighted by molar-refractivity contribution is -0.295. The Bertz CT molecular complexity index is 1710. The zero-order valence-electron chi connectivity index (χ0n) is 36.7. The van der Waals surface area contributed by atoms with Crippen molar-refractivity contribution in [1.82, 2.24) is 19.4 Å². The third kappa shape index (κ3) is 11.3. The van der Waals surface area contributed by atoms with Crippen LogP contribution in [0.25, 0.3) is 11.3 Å². The number of hydrogen-bond acceptors (Lipinski definition) is 14. The Balaban J connectivity index is 1.66. The molecule has 1 amide bonds. The molecule has 1 unspecified atom stereocenters. The van der Waals surface area contributed by atoms with Crippen LogP contribution in [0.3, 0.4) is 0 Å². The lowest BCUT2D eigenvalue weighted by Crippen LogP contribution is -2.61. The van der Waals surface area contributed by atoms with Crippen LogP contribution < -0.4 is 5.73 Å². The number of esters is 1. The van der Waals surface area contributed by atoms with E-state index in [1.165, 1.54) is 14.0 Å². The highest BCUT2D eigenvalue weighted by molar-refractivity contribution is 6.00. The minimum absolute atomic E-state index is 0.0759. The number of pyridine rings is 1. The maximum atomic E-state index is 14.7. The molecular formula is C43H67N5O11. The first-order valence-corrected chi connectivity index (χ1v) is 20.8. The number of primary amides is 1. The van der Waals surface area contributed by atoms with Crippen molar-refractivity contribution in [3.63, 3.8) is 0 Å². The second kappa shape index (κ2) is 20.6. The molecule has 2 aliphatic rings. The van der Waals surface area contributed by atoms with Crippen LogP contribution in [0.4, 0.5) is 4.79 Å². The van der Waals surface area contributed by atoms with E-state index in [9.17, 15) is 24.3 Å². The Morgan fingerprint density at radius 3 is 2.37 bits per heavy atom. The molecule has 0 aliphatic carbocycles. The number of ketones is 2. The van der Waals surface area contributed by atoms with Gasteiger partial charge in [0.1, 0.15) is 30.0 Å².